The second kappa shape index (κ2) is 4.47. The van der Waals surface area contributed by atoms with E-state index in [0.717, 1.165) is 10.0 Å². The van der Waals surface area contributed by atoms with Crippen molar-refractivity contribution in [1.29, 1.82) is 0 Å². The minimum Gasteiger partial charge on any atom is -0.307 e. The van der Waals surface area contributed by atoms with Crippen LogP contribution in [0.15, 0.2) is 33.6 Å². The molecule has 76 valence electrons. The van der Waals surface area contributed by atoms with Gasteiger partial charge in [-0.25, -0.2) is 0 Å². The molecule has 0 bridgehead atoms. The molecule has 1 N–H and O–H groups in total. The number of carbonyl (C=O) groups is 1. The first-order chi connectivity index (χ1) is 7.16. The number of nitrogens with one attached hydrogen (secondary N) is 1. The Morgan fingerprint density at radius 3 is 2.73 bits per heavy atom. The number of halogens is 1. The van der Waals surface area contributed by atoms with Gasteiger partial charge in [0.2, 0.25) is 0 Å². The van der Waals surface area contributed by atoms with E-state index in [2.05, 4.69) is 21.2 Å². The molecule has 0 aromatic heterocycles. The number of rotatable bonds is 1. The van der Waals surface area contributed by atoms with Crippen molar-refractivity contribution >= 4 is 56.2 Å². The van der Waals surface area contributed by atoms with Crippen molar-refractivity contribution in [1.82, 2.24) is 5.32 Å². The van der Waals surface area contributed by atoms with Crippen LogP contribution in [-0.4, -0.2) is 10.2 Å². The van der Waals surface area contributed by atoms with Gasteiger partial charge in [-0.1, -0.05) is 58.1 Å². The van der Waals surface area contributed by atoms with Gasteiger partial charge in [-0.3, -0.25) is 4.79 Å². The van der Waals surface area contributed by atoms with Crippen LogP contribution in [0.2, 0.25) is 0 Å². The Bertz CT molecular complexity index is 470. The van der Waals surface area contributed by atoms with E-state index < -0.39 is 0 Å². The number of thiocarbonyl (C=S) groups is 1. The SMILES string of the molecule is O=C1NC(=S)S/C1=C\c1ccccc1Br. The fourth-order valence-electron chi connectivity index (χ4n) is 1.15. The lowest BCUT2D eigenvalue weighted by molar-refractivity contribution is -0.115. The molecule has 5 heteroatoms. The van der Waals surface area contributed by atoms with Gasteiger partial charge in [0.15, 0.2) is 0 Å². The Hall–Kier alpha value is -0.650. The molecule has 0 atom stereocenters. The van der Waals surface area contributed by atoms with Crippen molar-refractivity contribution < 1.29 is 4.79 Å². The largest absolute Gasteiger partial charge is 0.307 e. The van der Waals surface area contributed by atoms with Crippen LogP contribution in [0.1, 0.15) is 5.56 Å². The zero-order valence-corrected chi connectivity index (χ0v) is 10.7. The summed E-state index contributed by atoms with van der Waals surface area (Å²) in [6.45, 7) is 0. The second-order valence-electron chi connectivity index (χ2n) is 2.87. The highest BCUT2D eigenvalue weighted by Gasteiger charge is 2.21. The third-order valence-corrected chi connectivity index (χ3v) is 3.72. The molecule has 0 unspecified atom stereocenters. The molecule has 1 aliphatic heterocycles. The first kappa shape index (κ1) is 10.9. The van der Waals surface area contributed by atoms with Crippen molar-refractivity contribution in [2.24, 2.45) is 0 Å². The Labute approximate surface area is 105 Å². The predicted molar refractivity (Wildman–Crippen MR) is 70.5 cm³/mol. The normalized spacial score (nSPS) is 18.3. The molecule has 15 heavy (non-hydrogen) atoms. The lowest BCUT2D eigenvalue weighted by atomic mass is 10.2. The molecule has 1 amide bonds. The lowest BCUT2D eigenvalue weighted by Gasteiger charge is -1.97. The molecule has 2 nitrogen and oxygen atoms in total. The lowest BCUT2D eigenvalue weighted by Crippen LogP contribution is -2.17. The van der Waals surface area contributed by atoms with Crippen LogP contribution < -0.4 is 5.32 Å². The smallest absolute Gasteiger partial charge is 0.263 e. The van der Waals surface area contributed by atoms with Crippen LogP contribution in [-0.2, 0) is 4.79 Å². The topological polar surface area (TPSA) is 29.1 Å². The zero-order chi connectivity index (χ0) is 10.8. The highest BCUT2D eigenvalue weighted by atomic mass is 79.9. The first-order valence-electron chi connectivity index (χ1n) is 4.16. The van der Waals surface area contributed by atoms with E-state index in [-0.39, 0.29) is 5.91 Å². The fourth-order valence-corrected chi connectivity index (χ4v) is 2.59. The van der Waals surface area contributed by atoms with Crippen LogP contribution in [0.4, 0.5) is 0 Å². The average Bonchev–Trinajstić information content (AvgIpc) is 2.49. The van der Waals surface area contributed by atoms with Crippen molar-refractivity contribution in [2.45, 2.75) is 0 Å². The van der Waals surface area contributed by atoms with E-state index in [4.69, 9.17) is 12.2 Å². The molecular weight excluding hydrogens is 294 g/mol. The van der Waals surface area contributed by atoms with Gasteiger partial charge < -0.3 is 5.32 Å². The van der Waals surface area contributed by atoms with Crippen LogP contribution in [0, 0.1) is 0 Å². The molecule has 1 heterocycles. The van der Waals surface area contributed by atoms with Gasteiger partial charge in [0.05, 0.1) is 4.91 Å². The van der Waals surface area contributed by atoms with Crippen molar-refractivity contribution in [2.75, 3.05) is 0 Å². The van der Waals surface area contributed by atoms with Gasteiger partial charge in [0, 0.05) is 4.47 Å². The number of thioether (sulfide) groups is 1. The quantitative estimate of drug-likeness (QED) is 0.638. The van der Waals surface area contributed by atoms with Gasteiger partial charge in [-0.15, -0.1) is 0 Å². The van der Waals surface area contributed by atoms with Gasteiger partial charge in [-0.05, 0) is 17.7 Å². The van der Waals surface area contributed by atoms with E-state index in [1.807, 2.05) is 30.3 Å². The maximum Gasteiger partial charge on any atom is 0.263 e. The standard InChI is InChI=1S/C10H6BrNOS2/c11-7-4-2-1-3-6(7)5-8-9(13)12-10(14)15-8/h1-5H,(H,12,13,14)/b8-5-. The number of benzene rings is 1. The van der Waals surface area contributed by atoms with Crippen molar-refractivity contribution in [3.8, 4) is 0 Å². The Balaban J connectivity index is 2.35. The van der Waals surface area contributed by atoms with E-state index in [0.29, 0.717) is 9.23 Å². The van der Waals surface area contributed by atoms with Gasteiger partial charge >= 0.3 is 0 Å². The predicted octanol–water partition coefficient (Wildman–Crippen LogP) is 2.94. The highest BCUT2D eigenvalue weighted by molar-refractivity contribution is 9.10. The van der Waals surface area contributed by atoms with E-state index >= 15 is 0 Å². The Morgan fingerprint density at radius 2 is 2.13 bits per heavy atom. The number of amides is 1. The van der Waals surface area contributed by atoms with Crippen molar-refractivity contribution in [3.05, 3.63) is 39.2 Å². The summed E-state index contributed by atoms with van der Waals surface area (Å²) in [5, 5.41) is 2.58. The van der Waals surface area contributed by atoms with Crippen LogP contribution in [0.3, 0.4) is 0 Å². The molecular formula is C10H6BrNOS2. The molecule has 0 spiro atoms. The maximum absolute atomic E-state index is 11.4. The van der Waals surface area contributed by atoms with Crippen LogP contribution in [0.5, 0.6) is 0 Å². The second-order valence-corrected chi connectivity index (χ2v) is 5.45. The molecule has 1 aliphatic rings. The summed E-state index contributed by atoms with van der Waals surface area (Å²) in [7, 11) is 0. The molecule has 1 saturated heterocycles. The fraction of sp³-hybridized carbons (Fsp3) is 0. The van der Waals surface area contributed by atoms with Crippen LogP contribution >= 0.6 is 39.9 Å². The minimum absolute atomic E-state index is 0.124. The highest BCUT2D eigenvalue weighted by Crippen LogP contribution is 2.28. The molecule has 0 radical (unpaired) electrons. The third kappa shape index (κ3) is 2.48. The van der Waals surface area contributed by atoms with E-state index in [1.165, 1.54) is 11.8 Å². The molecule has 0 aliphatic carbocycles. The average molecular weight is 300 g/mol. The molecule has 1 aromatic carbocycles. The summed E-state index contributed by atoms with van der Waals surface area (Å²) < 4.78 is 1.47. The summed E-state index contributed by atoms with van der Waals surface area (Å²) in [6.07, 6.45) is 1.82. The molecule has 1 fully saturated rings. The van der Waals surface area contributed by atoms with Gasteiger partial charge in [0.25, 0.3) is 5.91 Å². The summed E-state index contributed by atoms with van der Waals surface area (Å²) in [5.74, 6) is -0.124. The zero-order valence-electron chi connectivity index (χ0n) is 7.49. The Kier molecular flexibility index (Phi) is 3.23. The third-order valence-electron chi connectivity index (χ3n) is 1.83. The molecule has 1 aromatic rings. The van der Waals surface area contributed by atoms with E-state index in [9.17, 15) is 4.79 Å². The van der Waals surface area contributed by atoms with Gasteiger partial charge in [-0.2, -0.15) is 0 Å². The summed E-state index contributed by atoms with van der Waals surface area (Å²) in [4.78, 5) is 12.0. The summed E-state index contributed by atoms with van der Waals surface area (Å²) in [5.41, 5.74) is 0.972. The van der Waals surface area contributed by atoms with Gasteiger partial charge in [0.1, 0.15) is 4.32 Å². The Morgan fingerprint density at radius 1 is 1.40 bits per heavy atom. The summed E-state index contributed by atoms with van der Waals surface area (Å²) >= 11 is 9.61. The first-order valence-corrected chi connectivity index (χ1v) is 6.18. The molecule has 2 rings (SSSR count). The van der Waals surface area contributed by atoms with E-state index in [1.54, 1.807) is 0 Å². The molecule has 0 saturated carbocycles. The number of carbonyl (C=O) groups excluding carboxylic acids is 1. The minimum atomic E-state index is -0.124. The monoisotopic (exact) mass is 299 g/mol. The van der Waals surface area contributed by atoms with Crippen LogP contribution in [0.25, 0.3) is 6.08 Å². The summed E-state index contributed by atoms with van der Waals surface area (Å²) in [6, 6.07) is 7.72. The number of hydrogen-bond donors (Lipinski definition) is 1. The van der Waals surface area contributed by atoms with Crippen molar-refractivity contribution in [3.63, 3.8) is 0 Å². The number of hydrogen-bond acceptors (Lipinski definition) is 3. The maximum atomic E-state index is 11.4.